The molecule has 1 unspecified atom stereocenters. The van der Waals surface area contributed by atoms with Crippen molar-refractivity contribution in [2.45, 2.75) is 39.0 Å². The largest absolute Gasteiger partial charge is 0.367 e. The zero-order chi connectivity index (χ0) is 16.8. The molecule has 2 aromatic rings. The van der Waals surface area contributed by atoms with E-state index in [0.717, 1.165) is 16.5 Å². The van der Waals surface area contributed by atoms with Crippen molar-refractivity contribution in [3.8, 4) is 0 Å². The maximum atomic E-state index is 12.9. The minimum atomic E-state index is -0.593. The summed E-state index contributed by atoms with van der Waals surface area (Å²) in [6, 6.07) is 7.30. The van der Waals surface area contributed by atoms with Gasteiger partial charge >= 0.3 is 0 Å². The monoisotopic (exact) mass is 373 g/mol. The smallest absolute Gasteiger partial charge is 0.194 e. The topological polar surface area (TPSA) is 49.9 Å². The molecule has 0 radical (unpaired) electrons. The van der Waals surface area contributed by atoms with Crippen LogP contribution in [0.3, 0.4) is 0 Å². The average Bonchev–Trinajstić information content (AvgIpc) is 3.03. The summed E-state index contributed by atoms with van der Waals surface area (Å²) in [5.41, 5.74) is 1.43. The molecule has 1 aliphatic rings. The van der Waals surface area contributed by atoms with E-state index in [0.29, 0.717) is 17.5 Å². The first-order valence-corrected chi connectivity index (χ1v) is 8.53. The van der Waals surface area contributed by atoms with Gasteiger partial charge in [0.05, 0.1) is 5.41 Å². The molecule has 1 N–H and O–H groups in total. The Morgan fingerprint density at radius 3 is 2.35 bits per heavy atom. The fourth-order valence-electron chi connectivity index (χ4n) is 3.76. The Kier molecular flexibility index (Phi) is 3.83. The lowest BCUT2D eigenvalue weighted by Crippen LogP contribution is -2.28. The van der Waals surface area contributed by atoms with E-state index in [2.05, 4.69) is 34.8 Å². The first-order chi connectivity index (χ1) is 10.7. The molecule has 0 saturated heterocycles. The van der Waals surface area contributed by atoms with Crippen LogP contribution < -0.4 is 0 Å². The average molecular weight is 374 g/mol. The molecular formula is C19H20BrNO2. The molecule has 3 rings (SSSR count). The number of aromatic amines is 1. The number of benzene rings is 1. The van der Waals surface area contributed by atoms with Crippen LogP contribution in [-0.2, 0) is 10.2 Å². The van der Waals surface area contributed by atoms with Gasteiger partial charge in [0, 0.05) is 34.4 Å². The summed E-state index contributed by atoms with van der Waals surface area (Å²) in [5.74, 6) is 0.166. The summed E-state index contributed by atoms with van der Waals surface area (Å²) >= 11 is 3.38. The van der Waals surface area contributed by atoms with E-state index in [-0.39, 0.29) is 17.0 Å². The third-order valence-electron chi connectivity index (χ3n) is 4.78. The molecule has 0 amide bonds. The van der Waals surface area contributed by atoms with E-state index in [4.69, 9.17) is 0 Å². The standard InChI is InChI=1S/C19H20BrNO2/c1-18(2)8-16(22)19(3,11-18)15-10-21-9-14(15)17(23)12-4-6-13(20)7-5-12/h4-7,9-10,21H,8,11H2,1-3H3. The summed E-state index contributed by atoms with van der Waals surface area (Å²) in [7, 11) is 0. The molecule has 1 atom stereocenters. The van der Waals surface area contributed by atoms with E-state index in [1.165, 1.54) is 0 Å². The number of hydrogen-bond donors (Lipinski definition) is 1. The van der Waals surface area contributed by atoms with Crippen LogP contribution in [-0.4, -0.2) is 16.6 Å². The van der Waals surface area contributed by atoms with Gasteiger partial charge in [0.25, 0.3) is 0 Å². The summed E-state index contributed by atoms with van der Waals surface area (Å²) < 4.78 is 0.933. The molecule has 0 aliphatic heterocycles. The Bertz CT molecular complexity index is 773. The lowest BCUT2D eigenvalue weighted by atomic mass is 9.76. The second-order valence-corrected chi connectivity index (χ2v) is 8.31. The fraction of sp³-hybridized carbons (Fsp3) is 0.368. The molecule has 1 aromatic carbocycles. The fourth-order valence-corrected chi connectivity index (χ4v) is 4.02. The molecule has 23 heavy (non-hydrogen) atoms. The van der Waals surface area contributed by atoms with Gasteiger partial charge in [0.1, 0.15) is 5.78 Å². The van der Waals surface area contributed by atoms with Crippen LogP contribution in [0.5, 0.6) is 0 Å². The van der Waals surface area contributed by atoms with Crippen molar-refractivity contribution in [1.29, 1.82) is 0 Å². The maximum absolute atomic E-state index is 12.9. The van der Waals surface area contributed by atoms with Gasteiger partial charge in [-0.05, 0) is 48.6 Å². The van der Waals surface area contributed by atoms with Gasteiger partial charge in [-0.1, -0.05) is 29.8 Å². The Hall–Kier alpha value is -1.68. The summed E-state index contributed by atoms with van der Waals surface area (Å²) in [5, 5.41) is 0. The molecule has 1 saturated carbocycles. The van der Waals surface area contributed by atoms with Crippen molar-refractivity contribution in [3.05, 3.63) is 57.8 Å². The minimum absolute atomic E-state index is 0.0268. The van der Waals surface area contributed by atoms with Crippen molar-refractivity contribution in [2.24, 2.45) is 5.41 Å². The Morgan fingerprint density at radius 1 is 1.13 bits per heavy atom. The zero-order valence-electron chi connectivity index (χ0n) is 13.6. The normalized spacial score (nSPS) is 23.2. The lowest BCUT2D eigenvalue weighted by molar-refractivity contribution is -0.121. The number of halogens is 1. The number of H-pyrrole nitrogens is 1. The number of ketones is 2. The second-order valence-electron chi connectivity index (χ2n) is 7.39. The Labute approximate surface area is 144 Å². The maximum Gasteiger partial charge on any atom is 0.194 e. The summed E-state index contributed by atoms with van der Waals surface area (Å²) in [6.07, 6.45) is 4.84. The van der Waals surface area contributed by atoms with Gasteiger partial charge in [-0.2, -0.15) is 0 Å². The van der Waals surface area contributed by atoms with E-state index in [9.17, 15) is 9.59 Å². The Balaban J connectivity index is 2.02. The molecule has 0 bridgehead atoms. The highest BCUT2D eigenvalue weighted by Crippen LogP contribution is 2.48. The van der Waals surface area contributed by atoms with Crippen molar-refractivity contribution >= 4 is 27.5 Å². The number of Topliss-reactive ketones (excluding diaryl/α,β-unsaturated/α-hetero) is 1. The quantitative estimate of drug-likeness (QED) is 0.795. The molecule has 1 fully saturated rings. The number of carbonyl (C=O) groups is 2. The summed E-state index contributed by atoms with van der Waals surface area (Å²) in [4.78, 5) is 28.5. The van der Waals surface area contributed by atoms with Crippen LogP contribution in [0.4, 0.5) is 0 Å². The van der Waals surface area contributed by atoms with Crippen molar-refractivity contribution < 1.29 is 9.59 Å². The molecule has 4 heteroatoms. The SMILES string of the molecule is CC1(C)CC(=O)C(C)(c2c[nH]cc2C(=O)c2ccc(Br)cc2)C1. The van der Waals surface area contributed by atoms with E-state index >= 15 is 0 Å². The summed E-state index contributed by atoms with van der Waals surface area (Å²) in [6.45, 7) is 6.18. The van der Waals surface area contributed by atoms with Crippen molar-refractivity contribution in [2.75, 3.05) is 0 Å². The van der Waals surface area contributed by atoms with Crippen LogP contribution in [0.25, 0.3) is 0 Å². The van der Waals surface area contributed by atoms with Crippen molar-refractivity contribution in [1.82, 2.24) is 4.98 Å². The molecule has 3 nitrogen and oxygen atoms in total. The molecule has 1 aromatic heterocycles. The van der Waals surface area contributed by atoms with Crippen LogP contribution in [0, 0.1) is 5.41 Å². The van der Waals surface area contributed by atoms with Gasteiger partial charge in [-0.25, -0.2) is 0 Å². The molecule has 120 valence electrons. The highest BCUT2D eigenvalue weighted by molar-refractivity contribution is 9.10. The predicted octanol–water partition coefficient (Wildman–Crippen LogP) is 4.66. The predicted molar refractivity (Wildman–Crippen MR) is 93.7 cm³/mol. The molecular weight excluding hydrogens is 354 g/mol. The molecule has 1 heterocycles. The van der Waals surface area contributed by atoms with E-state index in [1.807, 2.05) is 25.3 Å². The van der Waals surface area contributed by atoms with Crippen LogP contribution in [0.2, 0.25) is 0 Å². The van der Waals surface area contributed by atoms with Crippen molar-refractivity contribution in [3.63, 3.8) is 0 Å². The van der Waals surface area contributed by atoms with Gasteiger partial charge in [-0.15, -0.1) is 0 Å². The first-order valence-electron chi connectivity index (χ1n) is 7.74. The number of hydrogen-bond acceptors (Lipinski definition) is 2. The van der Waals surface area contributed by atoms with Gasteiger partial charge < -0.3 is 4.98 Å². The number of aromatic nitrogens is 1. The second kappa shape index (κ2) is 5.45. The molecule has 1 aliphatic carbocycles. The highest BCUT2D eigenvalue weighted by atomic mass is 79.9. The molecule has 0 spiro atoms. The third kappa shape index (κ3) is 2.80. The minimum Gasteiger partial charge on any atom is -0.367 e. The highest BCUT2D eigenvalue weighted by Gasteiger charge is 2.49. The number of carbonyl (C=O) groups excluding carboxylic acids is 2. The lowest BCUT2D eigenvalue weighted by Gasteiger charge is -2.25. The zero-order valence-corrected chi connectivity index (χ0v) is 15.2. The third-order valence-corrected chi connectivity index (χ3v) is 5.31. The van der Waals surface area contributed by atoms with E-state index < -0.39 is 5.41 Å². The Morgan fingerprint density at radius 2 is 1.78 bits per heavy atom. The first kappa shape index (κ1) is 16.2. The van der Waals surface area contributed by atoms with Gasteiger partial charge in [0.2, 0.25) is 0 Å². The van der Waals surface area contributed by atoms with Crippen LogP contribution in [0.1, 0.15) is 55.1 Å². The number of rotatable bonds is 3. The van der Waals surface area contributed by atoms with Gasteiger partial charge in [-0.3, -0.25) is 9.59 Å². The van der Waals surface area contributed by atoms with Gasteiger partial charge in [0.15, 0.2) is 5.78 Å². The van der Waals surface area contributed by atoms with Crippen LogP contribution in [0.15, 0.2) is 41.1 Å². The van der Waals surface area contributed by atoms with Crippen LogP contribution >= 0.6 is 15.9 Å². The number of nitrogens with one attached hydrogen (secondary N) is 1. The van der Waals surface area contributed by atoms with E-state index in [1.54, 1.807) is 18.3 Å².